The van der Waals surface area contributed by atoms with Gasteiger partial charge in [-0.25, -0.2) is 8.42 Å². The van der Waals surface area contributed by atoms with Gasteiger partial charge in [-0.05, 0) is 62.8 Å². The molecule has 8 heteroatoms. The SMILES string of the molecule is COc1ccc(S(=O)(=O)N2CCCCCC2)cc1CC(=O)c1[nH]c(C)c2c1CCCCC2=O. The van der Waals surface area contributed by atoms with Gasteiger partial charge < -0.3 is 9.72 Å². The molecule has 33 heavy (non-hydrogen) atoms. The quantitative estimate of drug-likeness (QED) is 0.501. The number of nitrogens with zero attached hydrogens (tertiary/aromatic N) is 1. The molecule has 0 unspecified atom stereocenters. The number of ether oxygens (including phenoxy) is 1. The third-order valence-electron chi connectivity index (χ3n) is 6.74. The van der Waals surface area contributed by atoms with Gasteiger partial charge in [0.05, 0.1) is 17.7 Å². The highest BCUT2D eigenvalue weighted by Gasteiger charge is 2.29. The second kappa shape index (κ2) is 9.81. The van der Waals surface area contributed by atoms with Crippen molar-refractivity contribution in [2.24, 2.45) is 0 Å². The molecule has 1 aliphatic heterocycles. The van der Waals surface area contributed by atoms with E-state index in [1.807, 2.05) is 6.92 Å². The molecule has 1 aromatic heterocycles. The van der Waals surface area contributed by atoms with E-state index in [4.69, 9.17) is 4.74 Å². The van der Waals surface area contributed by atoms with Gasteiger partial charge in [0.15, 0.2) is 11.6 Å². The number of sulfonamides is 1. The summed E-state index contributed by atoms with van der Waals surface area (Å²) in [5, 5.41) is 0. The van der Waals surface area contributed by atoms with Crippen molar-refractivity contribution in [3.63, 3.8) is 0 Å². The first kappa shape index (κ1) is 23.7. The molecule has 1 aliphatic carbocycles. The molecule has 0 radical (unpaired) electrons. The lowest BCUT2D eigenvalue weighted by Crippen LogP contribution is -2.32. The number of H-pyrrole nitrogens is 1. The highest BCUT2D eigenvalue weighted by molar-refractivity contribution is 7.89. The maximum absolute atomic E-state index is 13.3. The number of hydrogen-bond acceptors (Lipinski definition) is 5. The molecule has 1 N–H and O–H groups in total. The zero-order valence-electron chi connectivity index (χ0n) is 19.4. The maximum Gasteiger partial charge on any atom is 0.243 e. The zero-order chi connectivity index (χ0) is 23.6. The smallest absolute Gasteiger partial charge is 0.243 e. The molecule has 0 bridgehead atoms. The number of carbonyl (C=O) groups excluding carboxylic acids is 2. The van der Waals surface area contributed by atoms with Crippen LogP contribution in [0.15, 0.2) is 23.1 Å². The van der Waals surface area contributed by atoms with Gasteiger partial charge in [0.2, 0.25) is 10.0 Å². The Labute approximate surface area is 195 Å². The third kappa shape index (κ3) is 4.77. The number of ketones is 2. The lowest BCUT2D eigenvalue weighted by atomic mass is 9.98. The van der Waals surface area contributed by atoms with E-state index in [-0.39, 0.29) is 22.9 Å². The maximum atomic E-state index is 13.3. The zero-order valence-corrected chi connectivity index (χ0v) is 20.2. The van der Waals surface area contributed by atoms with E-state index in [1.165, 1.54) is 7.11 Å². The summed E-state index contributed by atoms with van der Waals surface area (Å²) < 4.78 is 33.5. The second-order valence-electron chi connectivity index (χ2n) is 9.00. The summed E-state index contributed by atoms with van der Waals surface area (Å²) in [6.07, 6.45) is 6.67. The Bertz CT molecular complexity index is 1160. The van der Waals surface area contributed by atoms with Crippen LogP contribution in [0.25, 0.3) is 0 Å². The number of methoxy groups -OCH3 is 1. The van der Waals surface area contributed by atoms with Gasteiger partial charge in [0.25, 0.3) is 0 Å². The summed E-state index contributed by atoms with van der Waals surface area (Å²) in [5.74, 6) is 0.388. The fourth-order valence-electron chi connectivity index (χ4n) is 5.00. The molecule has 2 aromatic rings. The van der Waals surface area contributed by atoms with Crippen LogP contribution in [0, 0.1) is 6.92 Å². The van der Waals surface area contributed by atoms with Crippen LogP contribution in [0.4, 0.5) is 0 Å². The molecule has 0 atom stereocenters. The standard InChI is InChI=1S/C25H32N2O5S/c1-17-24-20(9-5-6-10-21(24)28)25(26-17)22(29)16-18-15-19(11-12-23(18)32-2)33(30,31)27-13-7-3-4-8-14-27/h11-12,15,26H,3-10,13-14,16H2,1-2H3. The summed E-state index contributed by atoms with van der Waals surface area (Å²) in [6, 6.07) is 4.74. The van der Waals surface area contributed by atoms with Gasteiger partial charge in [-0.3, -0.25) is 9.59 Å². The number of fused-ring (bicyclic) bond motifs is 1. The number of Topliss-reactive ketones (excluding diaryl/α,β-unsaturated/α-hetero) is 2. The minimum atomic E-state index is -3.64. The Morgan fingerprint density at radius 2 is 1.76 bits per heavy atom. The van der Waals surface area contributed by atoms with Crippen molar-refractivity contribution in [1.82, 2.24) is 9.29 Å². The topological polar surface area (TPSA) is 96.5 Å². The average molecular weight is 473 g/mol. The number of aryl methyl sites for hydroxylation is 1. The molecule has 178 valence electrons. The molecule has 1 saturated heterocycles. The van der Waals surface area contributed by atoms with E-state index >= 15 is 0 Å². The van der Waals surface area contributed by atoms with Crippen molar-refractivity contribution in [3.8, 4) is 5.75 Å². The van der Waals surface area contributed by atoms with E-state index in [9.17, 15) is 18.0 Å². The average Bonchev–Trinajstić information content (AvgIpc) is 2.99. The number of nitrogens with one attached hydrogen (secondary N) is 1. The van der Waals surface area contributed by atoms with Crippen LogP contribution in [-0.4, -0.2) is 49.5 Å². The first-order chi connectivity index (χ1) is 15.8. The van der Waals surface area contributed by atoms with Crippen molar-refractivity contribution in [2.45, 2.75) is 69.6 Å². The van der Waals surface area contributed by atoms with Crippen molar-refractivity contribution >= 4 is 21.6 Å². The lowest BCUT2D eigenvalue weighted by Gasteiger charge is -2.20. The fraction of sp³-hybridized carbons (Fsp3) is 0.520. The van der Waals surface area contributed by atoms with Gasteiger partial charge in [-0.2, -0.15) is 4.31 Å². The molecule has 2 aliphatic rings. The van der Waals surface area contributed by atoms with Crippen LogP contribution in [0.3, 0.4) is 0 Å². The molecule has 0 saturated carbocycles. The molecule has 4 rings (SSSR count). The summed E-state index contributed by atoms with van der Waals surface area (Å²) in [7, 11) is -2.13. The lowest BCUT2D eigenvalue weighted by molar-refractivity contribution is 0.0978. The number of benzene rings is 1. The van der Waals surface area contributed by atoms with Gasteiger partial charge in [-0.1, -0.05) is 12.8 Å². The second-order valence-corrected chi connectivity index (χ2v) is 10.9. The number of aromatic nitrogens is 1. The predicted molar refractivity (Wildman–Crippen MR) is 126 cm³/mol. The monoisotopic (exact) mass is 472 g/mol. The molecular weight excluding hydrogens is 440 g/mol. The largest absolute Gasteiger partial charge is 0.496 e. The van der Waals surface area contributed by atoms with Crippen molar-refractivity contribution in [1.29, 1.82) is 0 Å². The first-order valence-corrected chi connectivity index (χ1v) is 13.2. The Kier molecular flexibility index (Phi) is 7.05. The molecule has 2 heterocycles. The highest BCUT2D eigenvalue weighted by Crippen LogP contribution is 2.30. The van der Waals surface area contributed by atoms with Crippen LogP contribution >= 0.6 is 0 Å². The van der Waals surface area contributed by atoms with Crippen LogP contribution in [0.2, 0.25) is 0 Å². The molecular formula is C25H32N2O5S. The van der Waals surface area contributed by atoms with Crippen LogP contribution in [-0.2, 0) is 22.9 Å². The van der Waals surface area contributed by atoms with Gasteiger partial charge in [-0.15, -0.1) is 0 Å². The van der Waals surface area contributed by atoms with E-state index < -0.39 is 10.0 Å². The third-order valence-corrected chi connectivity index (χ3v) is 8.63. The Hall–Kier alpha value is -2.45. The molecule has 1 aromatic carbocycles. The Morgan fingerprint density at radius 1 is 1.06 bits per heavy atom. The van der Waals surface area contributed by atoms with Crippen LogP contribution < -0.4 is 4.74 Å². The molecule has 1 fully saturated rings. The van der Waals surface area contributed by atoms with Gasteiger partial charge >= 0.3 is 0 Å². The number of aromatic amines is 1. The summed E-state index contributed by atoms with van der Waals surface area (Å²) >= 11 is 0. The van der Waals surface area contributed by atoms with E-state index in [0.29, 0.717) is 48.5 Å². The highest BCUT2D eigenvalue weighted by atomic mass is 32.2. The van der Waals surface area contributed by atoms with Crippen molar-refractivity contribution in [2.75, 3.05) is 20.2 Å². The van der Waals surface area contributed by atoms with E-state index in [1.54, 1.807) is 22.5 Å². The predicted octanol–water partition coefficient (Wildman–Crippen LogP) is 4.23. The van der Waals surface area contributed by atoms with Crippen LogP contribution in [0.5, 0.6) is 5.75 Å². The van der Waals surface area contributed by atoms with Gasteiger partial charge in [0, 0.05) is 42.8 Å². The minimum Gasteiger partial charge on any atom is -0.496 e. The Morgan fingerprint density at radius 3 is 2.45 bits per heavy atom. The summed E-state index contributed by atoms with van der Waals surface area (Å²) in [5.41, 5.74) is 3.16. The number of rotatable bonds is 6. The number of carbonyl (C=O) groups is 2. The summed E-state index contributed by atoms with van der Waals surface area (Å²) in [6.45, 7) is 2.86. The normalized spacial score (nSPS) is 17.8. The number of hydrogen-bond donors (Lipinski definition) is 1. The Balaban J connectivity index is 1.65. The van der Waals surface area contributed by atoms with Crippen molar-refractivity contribution in [3.05, 3.63) is 46.3 Å². The van der Waals surface area contributed by atoms with Gasteiger partial charge in [0.1, 0.15) is 5.75 Å². The first-order valence-electron chi connectivity index (χ1n) is 11.8. The van der Waals surface area contributed by atoms with E-state index in [2.05, 4.69) is 4.98 Å². The van der Waals surface area contributed by atoms with Crippen LogP contribution in [0.1, 0.15) is 82.6 Å². The molecule has 0 spiro atoms. The van der Waals surface area contributed by atoms with Crippen molar-refractivity contribution < 1.29 is 22.7 Å². The summed E-state index contributed by atoms with van der Waals surface area (Å²) in [4.78, 5) is 29.2. The molecule has 7 nitrogen and oxygen atoms in total. The fourth-order valence-corrected chi connectivity index (χ4v) is 6.57. The van der Waals surface area contributed by atoms with E-state index in [0.717, 1.165) is 49.8 Å². The molecule has 0 amide bonds. The minimum absolute atomic E-state index is 0.00683.